The van der Waals surface area contributed by atoms with E-state index in [1.54, 1.807) is 11.3 Å². The second kappa shape index (κ2) is 6.14. The quantitative estimate of drug-likeness (QED) is 0.851. The molecular weight excluding hydrogens is 272 g/mol. The summed E-state index contributed by atoms with van der Waals surface area (Å²) in [5.41, 5.74) is 2.07. The molecule has 110 valence electrons. The predicted molar refractivity (Wildman–Crippen MR) is 81.8 cm³/mol. The molecule has 0 spiro atoms. The summed E-state index contributed by atoms with van der Waals surface area (Å²) in [6.45, 7) is 3.97. The highest BCUT2D eigenvalue weighted by atomic mass is 32.1. The number of rotatable bonds is 2. The average Bonchev–Trinajstić information content (AvgIpc) is 2.67. The van der Waals surface area contributed by atoms with Gasteiger partial charge in [0.05, 0.1) is 12.7 Å². The lowest BCUT2D eigenvalue weighted by molar-refractivity contribution is 0.0600. The highest BCUT2D eigenvalue weighted by Gasteiger charge is 2.28. The zero-order valence-electron chi connectivity index (χ0n) is 12.0. The second-order valence-electron chi connectivity index (χ2n) is 5.50. The number of nitrogens with zero attached hydrogens (tertiary/aromatic N) is 1. The van der Waals surface area contributed by atoms with E-state index in [4.69, 9.17) is 4.74 Å². The normalized spacial score (nSPS) is 19.4. The van der Waals surface area contributed by atoms with Crippen molar-refractivity contribution in [2.75, 3.05) is 31.6 Å². The topological polar surface area (TPSA) is 41.6 Å². The van der Waals surface area contributed by atoms with Gasteiger partial charge in [0.2, 0.25) is 0 Å². The maximum Gasteiger partial charge on any atom is 0.341 e. The summed E-state index contributed by atoms with van der Waals surface area (Å²) in [6, 6.07) is 0. The van der Waals surface area contributed by atoms with Gasteiger partial charge in [-0.15, -0.1) is 11.3 Å². The molecule has 0 aromatic carbocycles. The maximum atomic E-state index is 12.2. The van der Waals surface area contributed by atoms with Gasteiger partial charge in [-0.3, -0.25) is 0 Å². The van der Waals surface area contributed by atoms with Crippen LogP contribution in [-0.4, -0.2) is 32.7 Å². The number of carbonyl (C=O) groups excluding carboxylic acids is 1. The van der Waals surface area contributed by atoms with Gasteiger partial charge in [0.15, 0.2) is 0 Å². The van der Waals surface area contributed by atoms with Crippen LogP contribution in [0.4, 0.5) is 5.00 Å². The van der Waals surface area contributed by atoms with Crippen LogP contribution in [0.3, 0.4) is 0 Å². The summed E-state index contributed by atoms with van der Waals surface area (Å²) in [4.78, 5) is 16.0. The first-order valence-electron chi connectivity index (χ1n) is 7.50. The van der Waals surface area contributed by atoms with E-state index in [-0.39, 0.29) is 5.97 Å². The van der Waals surface area contributed by atoms with Crippen LogP contribution in [0.25, 0.3) is 0 Å². The molecule has 2 aliphatic rings. The minimum absolute atomic E-state index is 0.163. The number of fused-ring (bicyclic) bond motifs is 1. The molecule has 0 saturated carbocycles. The van der Waals surface area contributed by atoms with Gasteiger partial charge in [-0.25, -0.2) is 4.79 Å². The van der Waals surface area contributed by atoms with Gasteiger partial charge in [-0.1, -0.05) is 12.8 Å². The molecule has 0 aliphatic carbocycles. The molecule has 1 aromatic rings. The lowest BCUT2D eigenvalue weighted by Crippen LogP contribution is -2.26. The molecule has 0 amide bonds. The molecule has 1 saturated heterocycles. The average molecular weight is 294 g/mol. The SMILES string of the molecule is COC(=O)c1c(N2CCCCCC2)sc2c1CCNC2. The van der Waals surface area contributed by atoms with Crippen molar-refractivity contribution in [1.29, 1.82) is 0 Å². The van der Waals surface area contributed by atoms with E-state index < -0.39 is 0 Å². The molecule has 1 N–H and O–H groups in total. The van der Waals surface area contributed by atoms with Gasteiger partial charge in [0.1, 0.15) is 5.00 Å². The summed E-state index contributed by atoms with van der Waals surface area (Å²) < 4.78 is 5.04. The molecule has 1 aromatic heterocycles. The Morgan fingerprint density at radius 2 is 2.00 bits per heavy atom. The molecule has 1 fully saturated rings. The van der Waals surface area contributed by atoms with E-state index in [0.717, 1.165) is 43.2 Å². The van der Waals surface area contributed by atoms with Crippen molar-refractivity contribution in [2.45, 2.75) is 38.6 Å². The number of hydrogen-bond acceptors (Lipinski definition) is 5. The van der Waals surface area contributed by atoms with Crippen LogP contribution in [-0.2, 0) is 17.7 Å². The third-order valence-corrected chi connectivity index (χ3v) is 5.49. The van der Waals surface area contributed by atoms with Gasteiger partial charge in [0, 0.05) is 24.5 Å². The number of nitrogens with one attached hydrogen (secondary N) is 1. The molecule has 0 bridgehead atoms. The number of anilines is 1. The first kappa shape index (κ1) is 13.9. The summed E-state index contributed by atoms with van der Waals surface area (Å²) in [5.74, 6) is -0.163. The van der Waals surface area contributed by atoms with Crippen molar-refractivity contribution in [3.05, 3.63) is 16.0 Å². The van der Waals surface area contributed by atoms with E-state index in [2.05, 4.69) is 10.2 Å². The van der Waals surface area contributed by atoms with Crippen molar-refractivity contribution < 1.29 is 9.53 Å². The molecule has 3 rings (SSSR count). The maximum absolute atomic E-state index is 12.2. The number of methoxy groups -OCH3 is 1. The smallest absolute Gasteiger partial charge is 0.341 e. The van der Waals surface area contributed by atoms with Crippen molar-refractivity contribution in [1.82, 2.24) is 5.32 Å². The molecule has 0 atom stereocenters. The Kier molecular flexibility index (Phi) is 4.27. The lowest BCUT2D eigenvalue weighted by Gasteiger charge is -2.22. The van der Waals surface area contributed by atoms with Gasteiger partial charge in [0.25, 0.3) is 0 Å². The summed E-state index contributed by atoms with van der Waals surface area (Å²) >= 11 is 1.78. The van der Waals surface area contributed by atoms with E-state index in [1.807, 2.05) is 0 Å². The number of thiophene rings is 1. The van der Waals surface area contributed by atoms with Crippen LogP contribution in [0, 0.1) is 0 Å². The second-order valence-corrected chi connectivity index (χ2v) is 6.59. The van der Waals surface area contributed by atoms with Crippen LogP contribution < -0.4 is 10.2 Å². The minimum Gasteiger partial charge on any atom is -0.465 e. The molecule has 0 radical (unpaired) electrons. The minimum atomic E-state index is -0.163. The Labute approximate surface area is 124 Å². The third kappa shape index (κ3) is 2.56. The number of carbonyl (C=O) groups is 1. The van der Waals surface area contributed by atoms with Crippen molar-refractivity contribution >= 4 is 22.3 Å². The predicted octanol–water partition coefficient (Wildman–Crippen LogP) is 2.56. The number of ether oxygens (including phenoxy) is 1. The van der Waals surface area contributed by atoms with Crippen molar-refractivity contribution in [2.24, 2.45) is 0 Å². The molecule has 2 aliphatic heterocycles. The van der Waals surface area contributed by atoms with Gasteiger partial charge < -0.3 is 15.0 Å². The molecule has 20 heavy (non-hydrogen) atoms. The first-order valence-corrected chi connectivity index (χ1v) is 8.31. The highest BCUT2D eigenvalue weighted by molar-refractivity contribution is 7.16. The fourth-order valence-electron chi connectivity index (χ4n) is 3.13. The van der Waals surface area contributed by atoms with E-state index in [1.165, 1.54) is 43.2 Å². The van der Waals surface area contributed by atoms with Gasteiger partial charge >= 0.3 is 5.97 Å². The monoisotopic (exact) mass is 294 g/mol. The Bertz CT molecular complexity index is 490. The fraction of sp³-hybridized carbons (Fsp3) is 0.667. The summed E-state index contributed by atoms with van der Waals surface area (Å²) in [6.07, 6.45) is 5.99. The number of esters is 1. The lowest BCUT2D eigenvalue weighted by atomic mass is 10.0. The Morgan fingerprint density at radius 1 is 1.25 bits per heavy atom. The molecule has 0 unspecified atom stereocenters. The Morgan fingerprint density at radius 3 is 2.70 bits per heavy atom. The Hall–Kier alpha value is -1.07. The first-order chi connectivity index (χ1) is 9.81. The van der Waals surface area contributed by atoms with Gasteiger partial charge in [-0.05, 0) is 31.4 Å². The molecule has 4 nitrogen and oxygen atoms in total. The zero-order chi connectivity index (χ0) is 13.9. The van der Waals surface area contributed by atoms with Crippen molar-refractivity contribution in [3.63, 3.8) is 0 Å². The summed E-state index contributed by atoms with van der Waals surface area (Å²) in [5, 5.41) is 4.54. The van der Waals surface area contributed by atoms with Crippen LogP contribution in [0.15, 0.2) is 0 Å². The fourth-order valence-corrected chi connectivity index (χ4v) is 4.48. The van der Waals surface area contributed by atoms with Crippen LogP contribution in [0.2, 0.25) is 0 Å². The van der Waals surface area contributed by atoms with Crippen LogP contribution in [0.1, 0.15) is 46.5 Å². The third-order valence-electron chi connectivity index (χ3n) is 4.19. The van der Waals surface area contributed by atoms with E-state index in [0.29, 0.717) is 0 Å². The van der Waals surface area contributed by atoms with E-state index >= 15 is 0 Å². The molecular formula is C15H22N2O2S. The molecule has 3 heterocycles. The largest absolute Gasteiger partial charge is 0.465 e. The standard InChI is InChI=1S/C15H22N2O2S/c1-19-15(18)13-11-6-7-16-10-12(11)20-14(13)17-8-4-2-3-5-9-17/h16H,2-10H2,1H3. The zero-order valence-corrected chi connectivity index (χ0v) is 12.9. The molecule has 5 heteroatoms. The van der Waals surface area contributed by atoms with Crippen molar-refractivity contribution in [3.8, 4) is 0 Å². The van der Waals surface area contributed by atoms with Crippen LogP contribution >= 0.6 is 11.3 Å². The summed E-state index contributed by atoms with van der Waals surface area (Å²) in [7, 11) is 1.49. The van der Waals surface area contributed by atoms with Gasteiger partial charge in [-0.2, -0.15) is 0 Å². The number of hydrogen-bond donors (Lipinski definition) is 1. The van der Waals surface area contributed by atoms with E-state index in [9.17, 15) is 4.79 Å². The Balaban J connectivity index is 1.99. The highest BCUT2D eigenvalue weighted by Crippen LogP contribution is 2.39. The van der Waals surface area contributed by atoms with Crippen LogP contribution in [0.5, 0.6) is 0 Å².